The number of nitrogens with zero attached hydrogens (tertiary/aromatic N) is 1. The van der Waals surface area contributed by atoms with Crippen molar-refractivity contribution in [3.63, 3.8) is 0 Å². The molecule has 5 aromatic rings. The van der Waals surface area contributed by atoms with Crippen LogP contribution in [0.1, 0.15) is 32.0 Å². The third kappa shape index (κ3) is 4.49. The molecule has 0 saturated heterocycles. The van der Waals surface area contributed by atoms with Crippen molar-refractivity contribution >= 4 is 28.3 Å². The summed E-state index contributed by atoms with van der Waals surface area (Å²) in [6, 6.07) is 28.6. The van der Waals surface area contributed by atoms with Crippen LogP contribution in [0, 0.1) is 5.82 Å². The third-order valence-corrected chi connectivity index (χ3v) is 6.68. The van der Waals surface area contributed by atoms with Crippen molar-refractivity contribution in [2.24, 2.45) is 0 Å². The molecular weight excluding hydrogens is 467 g/mol. The highest BCUT2D eigenvalue weighted by molar-refractivity contribution is 6.13. The number of hydrogen-bond donors (Lipinski definition) is 1. The van der Waals surface area contributed by atoms with Crippen molar-refractivity contribution < 1.29 is 18.4 Å². The molecule has 0 atom stereocenters. The number of anilines is 1. The van der Waals surface area contributed by atoms with Gasteiger partial charge in [0.15, 0.2) is 0 Å². The highest BCUT2D eigenvalue weighted by Crippen LogP contribution is 2.31. The van der Waals surface area contributed by atoms with E-state index in [1.165, 1.54) is 24.3 Å². The van der Waals surface area contributed by atoms with Crippen molar-refractivity contribution in [1.82, 2.24) is 4.90 Å². The van der Waals surface area contributed by atoms with Crippen LogP contribution in [0.2, 0.25) is 0 Å². The molecule has 0 bridgehead atoms. The Kier molecular flexibility index (Phi) is 5.77. The number of amides is 2. The molecule has 1 aliphatic rings. The standard InChI is InChI=1S/C31H23FN2O3/c32-24-13-11-21(12-14-24)31(36)34-16-15-28-23(19-34)18-29(37-28)22-7-3-8-25(17-22)33-30(35)27-10-4-6-20-5-1-2-9-26(20)27/h1-14,17-18H,15-16,19H2,(H,33,35). The zero-order chi connectivity index (χ0) is 25.4. The summed E-state index contributed by atoms with van der Waals surface area (Å²) >= 11 is 0. The highest BCUT2D eigenvalue weighted by atomic mass is 19.1. The van der Waals surface area contributed by atoms with Crippen molar-refractivity contribution in [3.05, 3.63) is 125 Å². The molecule has 182 valence electrons. The molecule has 0 spiro atoms. The minimum Gasteiger partial charge on any atom is -0.461 e. The number of rotatable bonds is 4. The fourth-order valence-corrected chi connectivity index (χ4v) is 4.80. The van der Waals surface area contributed by atoms with E-state index in [0.29, 0.717) is 42.1 Å². The van der Waals surface area contributed by atoms with Crippen LogP contribution < -0.4 is 5.32 Å². The van der Waals surface area contributed by atoms with E-state index in [2.05, 4.69) is 5.32 Å². The Balaban J connectivity index is 1.21. The molecule has 0 aliphatic carbocycles. The van der Waals surface area contributed by atoms with Gasteiger partial charge in [0.2, 0.25) is 0 Å². The highest BCUT2D eigenvalue weighted by Gasteiger charge is 2.25. The summed E-state index contributed by atoms with van der Waals surface area (Å²) in [5.74, 6) is 0.854. The Hall–Kier alpha value is -4.71. The minimum absolute atomic E-state index is 0.133. The van der Waals surface area contributed by atoms with E-state index in [1.807, 2.05) is 72.8 Å². The maximum absolute atomic E-state index is 13.2. The molecule has 0 radical (unpaired) electrons. The number of halogens is 1. The van der Waals surface area contributed by atoms with Crippen LogP contribution in [0.5, 0.6) is 0 Å². The van der Waals surface area contributed by atoms with Crippen LogP contribution in [0.3, 0.4) is 0 Å². The van der Waals surface area contributed by atoms with Gasteiger partial charge in [-0.1, -0.05) is 48.5 Å². The van der Waals surface area contributed by atoms with E-state index in [4.69, 9.17) is 4.42 Å². The number of carbonyl (C=O) groups is 2. The summed E-state index contributed by atoms with van der Waals surface area (Å²) in [5.41, 5.74) is 3.52. The lowest BCUT2D eigenvalue weighted by atomic mass is 10.0. The summed E-state index contributed by atoms with van der Waals surface area (Å²) in [7, 11) is 0. The fraction of sp³-hybridized carbons (Fsp3) is 0.0968. The molecule has 2 amide bonds. The molecular formula is C31H23FN2O3. The lowest BCUT2D eigenvalue weighted by molar-refractivity contribution is 0.0729. The van der Waals surface area contributed by atoms with Crippen LogP contribution in [-0.4, -0.2) is 23.3 Å². The lowest BCUT2D eigenvalue weighted by Crippen LogP contribution is -2.35. The van der Waals surface area contributed by atoms with Gasteiger partial charge >= 0.3 is 0 Å². The first-order chi connectivity index (χ1) is 18.0. The molecule has 6 rings (SSSR count). The number of fused-ring (bicyclic) bond motifs is 2. The first-order valence-electron chi connectivity index (χ1n) is 12.1. The van der Waals surface area contributed by atoms with Gasteiger partial charge in [0.25, 0.3) is 11.8 Å². The van der Waals surface area contributed by atoms with Gasteiger partial charge in [-0.25, -0.2) is 4.39 Å². The van der Waals surface area contributed by atoms with Crippen molar-refractivity contribution in [2.45, 2.75) is 13.0 Å². The van der Waals surface area contributed by atoms with Gasteiger partial charge in [-0.05, 0) is 59.3 Å². The first kappa shape index (κ1) is 22.7. The largest absolute Gasteiger partial charge is 0.461 e. The zero-order valence-electron chi connectivity index (χ0n) is 19.9. The van der Waals surface area contributed by atoms with Gasteiger partial charge in [-0.2, -0.15) is 0 Å². The number of nitrogens with one attached hydrogen (secondary N) is 1. The second-order valence-corrected chi connectivity index (χ2v) is 9.10. The maximum atomic E-state index is 13.2. The predicted molar refractivity (Wildman–Crippen MR) is 141 cm³/mol. The second-order valence-electron chi connectivity index (χ2n) is 9.10. The smallest absolute Gasteiger partial charge is 0.256 e. The molecule has 37 heavy (non-hydrogen) atoms. The minimum atomic E-state index is -0.368. The topological polar surface area (TPSA) is 62.6 Å². The third-order valence-electron chi connectivity index (χ3n) is 6.68. The molecule has 0 unspecified atom stereocenters. The van der Waals surface area contributed by atoms with E-state index in [0.717, 1.165) is 27.7 Å². The van der Waals surface area contributed by atoms with Crippen molar-refractivity contribution in [2.75, 3.05) is 11.9 Å². The van der Waals surface area contributed by atoms with Crippen molar-refractivity contribution in [1.29, 1.82) is 0 Å². The molecule has 1 aliphatic heterocycles. The van der Waals surface area contributed by atoms with E-state index < -0.39 is 0 Å². The quantitative estimate of drug-likeness (QED) is 0.305. The Morgan fingerprint density at radius 2 is 1.65 bits per heavy atom. The lowest BCUT2D eigenvalue weighted by Gasteiger charge is -2.26. The summed E-state index contributed by atoms with van der Waals surface area (Å²) in [6.45, 7) is 0.948. The molecule has 1 aromatic heterocycles. The molecule has 6 heteroatoms. The summed E-state index contributed by atoms with van der Waals surface area (Å²) < 4.78 is 19.4. The average Bonchev–Trinajstić information content (AvgIpc) is 3.36. The van der Waals surface area contributed by atoms with Crippen LogP contribution in [0.15, 0.2) is 101 Å². The average molecular weight is 491 g/mol. The number of hydrogen-bond acceptors (Lipinski definition) is 3. The number of furan rings is 1. The van der Waals surface area contributed by atoms with E-state index in [1.54, 1.807) is 4.90 Å². The Morgan fingerprint density at radius 1 is 0.865 bits per heavy atom. The van der Waals surface area contributed by atoms with E-state index in [9.17, 15) is 14.0 Å². The second kappa shape index (κ2) is 9.39. The number of carbonyl (C=O) groups excluding carboxylic acids is 2. The van der Waals surface area contributed by atoms with Crippen LogP contribution in [0.25, 0.3) is 22.1 Å². The molecule has 0 saturated carbocycles. The van der Waals surface area contributed by atoms with Gasteiger partial charge in [-0.15, -0.1) is 0 Å². The molecule has 4 aromatic carbocycles. The Labute approximate surface area is 213 Å². The molecule has 2 heterocycles. The van der Waals surface area contributed by atoms with Gasteiger partial charge < -0.3 is 14.6 Å². The number of benzene rings is 4. The van der Waals surface area contributed by atoms with Gasteiger partial charge in [-0.3, -0.25) is 9.59 Å². The zero-order valence-corrected chi connectivity index (χ0v) is 19.9. The van der Waals surface area contributed by atoms with Gasteiger partial charge in [0.1, 0.15) is 17.3 Å². The summed E-state index contributed by atoms with van der Waals surface area (Å²) in [5, 5.41) is 4.92. The normalized spacial score (nSPS) is 12.8. The van der Waals surface area contributed by atoms with Gasteiger partial charge in [0, 0.05) is 47.5 Å². The van der Waals surface area contributed by atoms with Crippen molar-refractivity contribution in [3.8, 4) is 11.3 Å². The van der Waals surface area contributed by atoms with E-state index in [-0.39, 0.29) is 17.6 Å². The maximum Gasteiger partial charge on any atom is 0.256 e. The predicted octanol–water partition coefficient (Wildman–Crippen LogP) is 6.69. The van der Waals surface area contributed by atoms with Gasteiger partial charge in [0.05, 0.1) is 0 Å². The van der Waals surface area contributed by atoms with Crippen LogP contribution >= 0.6 is 0 Å². The monoisotopic (exact) mass is 490 g/mol. The van der Waals surface area contributed by atoms with Crippen LogP contribution in [0.4, 0.5) is 10.1 Å². The first-order valence-corrected chi connectivity index (χ1v) is 12.1. The SMILES string of the molecule is O=C(Nc1cccc(-c2cc3c(o2)CCN(C(=O)c2ccc(F)cc2)C3)c1)c1cccc2ccccc12. The molecule has 0 fully saturated rings. The molecule has 5 nitrogen and oxygen atoms in total. The van der Waals surface area contributed by atoms with E-state index >= 15 is 0 Å². The summed E-state index contributed by atoms with van der Waals surface area (Å²) in [6.07, 6.45) is 0.597. The fourth-order valence-electron chi connectivity index (χ4n) is 4.80. The Bertz CT molecular complexity index is 1630. The molecule has 1 N–H and O–H groups in total. The Morgan fingerprint density at radius 3 is 2.51 bits per heavy atom. The van der Waals surface area contributed by atoms with Crippen LogP contribution in [-0.2, 0) is 13.0 Å². The summed E-state index contributed by atoms with van der Waals surface area (Å²) in [4.78, 5) is 27.7.